The second-order valence-corrected chi connectivity index (χ2v) is 6.14. The highest BCUT2D eigenvalue weighted by molar-refractivity contribution is 9.10. The summed E-state index contributed by atoms with van der Waals surface area (Å²) in [6, 6.07) is 6.36. The van der Waals surface area contributed by atoms with E-state index >= 15 is 0 Å². The van der Waals surface area contributed by atoms with Crippen LogP contribution in [0.3, 0.4) is 0 Å². The maximum atomic E-state index is 10.1. The number of hydrogen-bond donors (Lipinski definition) is 2. The minimum absolute atomic E-state index is 0.553. The van der Waals surface area contributed by atoms with Gasteiger partial charge in [-0.3, -0.25) is 0 Å². The van der Waals surface area contributed by atoms with E-state index < -0.39 is 5.60 Å². The summed E-state index contributed by atoms with van der Waals surface area (Å²) in [5.41, 5.74) is 1.96. The molecule has 18 heavy (non-hydrogen) atoms. The minimum atomic E-state index is -0.553. The zero-order chi connectivity index (χ0) is 13.2. The summed E-state index contributed by atoms with van der Waals surface area (Å²) in [5, 5.41) is 13.4. The van der Waals surface area contributed by atoms with Gasteiger partial charge in [0.25, 0.3) is 0 Å². The second kappa shape index (κ2) is 5.59. The standard InChI is InChI=1S/C14H21BrN2O/c1-3-16-9-11-8-12(15)4-5-13(11)17-7-6-14(2,18)10-17/h4-5,8,16,18H,3,6-7,9-10H2,1-2H3. The number of benzene rings is 1. The molecule has 0 saturated carbocycles. The Bertz CT molecular complexity index is 420. The van der Waals surface area contributed by atoms with Gasteiger partial charge in [0.1, 0.15) is 0 Å². The third-order valence-electron chi connectivity index (χ3n) is 3.40. The van der Waals surface area contributed by atoms with Gasteiger partial charge in [0.05, 0.1) is 5.60 Å². The molecule has 0 aliphatic carbocycles. The Morgan fingerprint density at radius 3 is 2.89 bits per heavy atom. The largest absolute Gasteiger partial charge is 0.388 e. The summed E-state index contributed by atoms with van der Waals surface area (Å²) in [6.45, 7) is 7.49. The highest BCUT2D eigenvalue weighted by Crippen LogP contribution is 2.30. The molecular weight excluding hydrogens is 292 g/mol. The Labute approximate surface area is 117 Å². The van der Waals surface area contributed by atoms with E-state index in [4.69, 9.17) is 0 Å². The first kappa shape index (κ1) is 13.8. The topological polar surface area (TPSA) is 35.5 Å². The van der Waals surface area contributed by atoms with E-state index in [9.17, 15) is 5.11 Å². The third kappa shape index (κ3) is 3.25. The summed E-state index contributed by atoms with van der Waals surface area (Å²) in [5.74, 6) is 0. The van der Waals surface area contributed by atoms with E-state index in [0.717, 1.165) is 30.5 Å². The van der Waals surface area contributed by atoms with Crippen molar-refractivity contribution in [1.82, 2.24) is 5.32 Å². The van der Waals surface area contributed by atoms with Crippen LogP contribution in [0.15, 0.2) is 22.7 Å². The van der Waals surface area contributed by atoms with Gasteiger partial charge in [-0.2, -0.15) is 0 Å². The van der Waals surface area contributed by atoms with Crippen LogP contribution in [0.4, 0.5) is 5.69 Å². The van der Waals surface area contributed by atoms with Gasteiger partial charge in [-0.1, -0.05) is 22.9 Å². The summed E-state index contributed by atoms with van der Waals surface area (Å²) < 4.78 is 1.10. The lowest BCUT2D eigenvalue weighted by molar-refractivity contribution is 0.0839. The first-order chi connectivity index (χ1) is 8.52. The van der Waals surface area contributed by atoms with Crippen molar-refractivity contribution in [2.45, 2.75) is 32.4 Å². The molecule has 0 spiro atoms. The molecule has 1 saturated heterocycles. The quantitative estimate of drug-likeness (QED) is 0.897. The van der Waals surface area contributed by atoms with Crippen molar-refractivity contribution in [3.05, 3.63) is 28.2 Å². The lowest BCUT2D eigenvalue weighted by Crippen LogP contribution is -2.30. The number of anilines is 1. The molecule has 100 valence electrons. The molecule has 2 N–H and O–H groups in total. The van der Waals surface area contributed by atoms with Gasteiger partial charge < -0.3 is 15.3 Å². The molecule has 1 unspecified atom stereocenters. The fourth-order valence-electron chi connectivity index (χ4n) is 2.41. The van der Waals surface area contributed by atoms with Crippen molar-refractivity contribution >= 4 is 21.6 Å². The van der Waals surface area contributed by atoms with Crippen molar-refractivity contribution in [3.8, 4) is 0 Å². The molecule has 1 heterocycles. The molecule has 2 rings (SSSR count). The third-order valence-corrected chi connectivity index (χ3v) is 3.89. The van der Waals surface area contributed by atoms with Gasteiger partial charge >= 0.3 is 0 Å². The van der Waals surface area contributed by atoms with Crippen molar-refractivity contribution in [2.75, 3.05) is 24.5 Å². The molecule has 1 atom stereocenters. The number of hydrogen-bond acceptors (Lipinski definition) is 3. The summed E-state index contributed by atoms with van der Waals surface area (Å²) in [6.07, 6.45) is 0.837. The minimum Gasteiger partial charge on any atom is -0.388 e. The highest BCUT2D eigenvalue weighted by Gasteiger charge is 2.32. The maximum absolute atomic E-state index is 10.1. The van der Waals surface area contributed by atoms with E-state index in [-0.39, 0.29) is 0 Å². The number of nitrogens with zero attached hydrogens (tertiary/aromatic N) is 1. The van der Waals surface area contributed by atoms with Crippen LogP contribution in [-0.4, -0.2) is 30.3 Å². The van der Waals surface area contributed by atoms with Crippen molar-refractivity contribution < 1.29 is 5.11 Å². The molecule has 1 aromatic carbocycles. The van der Waals surface area contributed by atoms with Gasteiger partial charge in [-0.05, 0) is 43.7 Å². The van der Waals surface area contributed by atoms with Gasteiger partial charge in [0.2, 0.25) is 0 Å². The smallest absolute Gasteiger partial charge is 0.0810 e. The second-order valence-electron chi connectivity index (χ2n) is 5.22. The molecule has 0 aromatic heterocycles. The van der Waals surface area contributed by atoms with Gasteiger partial charge in [-0.15, -0.1) is 0 Å². The molecular formula is C14H21BrN2O. The molecule has 1 fully saturated rings. The number of β-amino-alcohol motifs (C(OH)–C–C–N with tert-alkyl or cyclic N) is 1. The van der Waals surface area contributed by atoms with Crippen LogP contribution >= 0.6 is 15.9 Å². The fraction of sp³-hybridized carbons (Fsp3) is 0.571. The number of nitrogens with one attached hydrogen (secondary N) is 1. The van der Waals surface area contributed by atoms with E-state index in [1.807, 2.05) is 6.92 Å². The van der Waals surface area contributed by atoms with Gasteiger partial charge in [0.15, 0.2) is 0 Å². The Hall–Kier alpha value is -0.580. The van der Waals surface area contributed by atoms with Crippen LogP contribution < -0.4 is 10.2 Å². The lowest BCUT2D eigenvalue weighted by atomic mass is 10.1. The van der Waals surface area contributed by atoms with Crippen LogP contribution in [0.2, 0.25) is 0 Å². The van der Waals surface area contributed by atoms with Crippen molar-refractivity contribution in [2.24, 2.45) is 0 Å². The molecule has 0 amide bonds. The maximum Gasteiger partial charge on any atom is 0.0810 e. The fourth-order valence-corrected chi connectivity index (χ4v) is 2.82. The van der Waals surface area contributed by atoms with E-state index in [0.29, 0.717) is 6.54 Å². The molecule has 1 aromatic rings. The summed E-state index contributed by atoms with van der Waals surface area (Å²) >= 11 is 3.52. The highest BCUT2D eigenvalue weighted by atomic mass is 79.9. The molecule has 0 radical (unpaired) electrons. The number of halogens is 1. The average Bonchev–Trinajstić information content (AvgIpc) is 2.67. The van der Waals surface area contributed by atoms with E-state index in [2.05, 4.69) is 51.3 Å². The van der Waals surface area contributed by atoms with Crippen LogP contribution in [0.25, 0.3) is 0 Å². The normalized spacial score (nSPS) is 23.7. The van der Waals surface area contributed by atoms with Gasteiger partial charge in [-0.25, -0.2) is 0 Å². The Kier molecular flexibility index (Phi) is 4.30. The monoisotopic (exact) mass is 312 g/mol. The van der Waals surface area contributed by atoms with Crippen LogP contribution in [0, 0.1) is 0 Å². The predicted octanol–water partition coefficient (Wildman–Crippen LogP) is 2.52. The lowest BCUT2D eigenvalue weighted by Gasteiger charge is -2.24. The van der Waals surface area contributed by atoms with Crippen molar-refractivity contribution in [1.29, 1.82) is 0 Å². The number of aliphatic hydroxyl groups is 1. The first-order valence-electron chi connectivity index (χ1n) is 6.48. The zero-order valence-electron chi connectivity index (χ0n) is 11.0. The Balaban J connectivity index is 2.21. The van der Waals surface area contributed by atoms with Crippen LogP contribution in [0.1, 0.15) is 25.8 Å². The summed E-state index contributed by atoms with van der Waals surface area (Å²) in [4.78, 5) is 2.28. The SMILES string of the molecule is CCNCc1cc(Br)ccc1N1CCC(C)(O)C1. The Morgan fingerprint density at radius 2 is 2.28 bits per heavy atom. The van der Waals surface area contributed by atoms with Crippen LogP contribution in [0.5, 0.6) is 0 Å². The van der Waals surface area contributed by atoms with Crippen molar-refractivity contribution in [3.63, 3.8) is 0 Å². The molecule has 3 nitrogen and oxygen atoms in total. The van der Waals surface area contributed by atoms with Crippen LogP contribution in [-0.2, 0) is 6.54 Å². The summed E-state index contributed by atoms with van der Waals surface area (Å²) in [7, 11) is 0. The van der Waals surface area contributed by atoms with E-state index in [1.54, 1.807) is 0 Å². The predicted molar refractivity (Wildman–Crippen MR) is 79.0 cm³/mol. The molecule has 1 aliphatic rings. The average molecular weight is 313 g/mol. The molecule has 1 aliphatic heterocycles. The Morgan fingerprint density at radius 1 is 1.50 bits per heavy atom. The van der Waals surface area contributed by atoms with E-state index in [1.165, 1.54) is 11.3 Å². The van der Waals surface area contributed by atoms with Gasteiger partial charge in [0, 0.05) is 29.8 Å². The first-order valence-corrected chi connectivity index (χ1v) is 7.27. The molecule has 4 heteroatoms. The number of rotatable bonds is 4. The zero-order valence-corrected chi connectivity index (χ0v) is 12.6. The molecule has 0 bridgehead atoms.